The third-order valence-electron chi connectivity index (χ3n) is 4.11. The van der Waals surface area contributed by atoms with Crippen LogP contribution in [0.15, 0.2) is 24.3 Å². The van der Waals surface area contributed by atoms with Gasteiger partial charge in [-0.25, -0.2) is 4.79 Å². The predicted octanol–water partition coefficient (Wildman–Crippen LogP) is 0.680. The average Bonchev–Trinajstić information content (AvgIpc) is 2.48. The maximum atomic E-state index is 12.2. The lowest BCUT2D eigenvalue weighted by Crippen LogP contribution is -2.63. The Bertz CT molecular complexity index is 598. The van der Waals surface area contributed by atoms with Crippen molar-refractivity contribution in [1.82, 2.24) is 0 Å². The molecule has 6 heteroatoms. The van der Waals surface area contributed by atoms with Gasteiger partial charge in [0, 0.05) is 18.2 Å². The Morgan fingerprint density at radius 2 is 2.14 bits per heavy atom. The van der Waals surface area contributed by atoms with E-state index in [1.807, 2.05) is 0 Å². The summed E-state index contributed by atoms with van der Waals surface area (Å²) in [5.41, 5.74) is -1.03. The number of esters is 2. The van der Waals surface area contributed by atoms with E-state index in [-0.39, 0.29) is 6.61 Å². The van der Waals surface area contributed by atoms with Gasteiger partial charge < -0.3 is 19.3 Å². The highest BCUT2D eigenvalue weighted by molar-refractivity contribution is 5.92. The molecule has 0 radical (unpaired) electrons. The molecule has 21 heavy (non-hydrogen) atoms. The Morgan fingerprint density at radius 1 is 1.43 bits per heavy atom. The molecule has 0 aromatic heterocycles. The van der Waals surface area contributed by atoms with Crippen molar-refractivity contribution >= 4 is 11.9 Å². The molecule has 2 aliphatic heterocycles. The summed E-state index contributed by atoms with van der Waals surface area (Å²) in [7, 11) is 1.41. The van der Waals surface area contributed by atoms with E-state index < -0.39 is 35.7 Å². The lowest BCUT2D eigenvalue weighted by atomic mass is 9.66. The number of hydrogen-bond acceptors (Lipinski definition) is 6. The maximum Gasteiger partial charge on any atom is 0.344 e. The molecule has 0 spiro atoms. The SMILES string of the molecule is CCOC(=O)[C@H]1[C@H](OC)[C@@H]2OC(=O)[C@@]1(O)c1ccccc12. The van der Waals surface area contributed by atoms with Crippen molar-refractivity contribution in [2.45, 2.75) is 24.7 Å². The first-order valence-corrected chi connectivity index (χ1v) is 6.78. The van der Waals surface area contributed by atoms with Crippen LogP contribution in [-0.2, 0) is 29.4 Å². The summed E-state index contributed by atoms with van der Waals surface area (Å²) in [6.07, 6.45) is -1.50. The maximum absolute atomic E-state index is 12.2. The molecule has 0 amide bonds. The lowest BCUT2D eigenvalue weighted by Gasteiger charge is -2.50. The first kappa shape index (κ1) is 14.0. The lowest BCUT2D eigenvalue weighted by molar-refractivity contribution is -0.237. The van der Waals surface area contributed by atoms with Crippen molar-refractivity contribution in [2.75, 3.05) is 13.7 Å². The van der Waals surface area contributed by atoms with Gasteiger partial charge in [-0.1, -0.05) is 24.3 Å². The van der Waals surface area contributed by atoms with E-state index in [0.717, 1.165) is 0 Å². The minimum atomic E-state index is -2.07. The summed E-state index contributed by atoms with van der Waals surface area (Å²) < 4.78 is 15.6. The van der Waals surface area contributed by atoms with Crippen molar-refractivity contribution in [1.29, 1.82) is 0 Å². The molecular formula is C15H16O6. The number of aliphatic hydroxyl groups is 1. The van der Waals surface area contributed by atoms with Gasteiger partial charge in [0.25, 0.3) is 0 Å². The summed E-state index contributed by atoms with van der Waals surface area (Å²) in [6.45, 7) is 1.82. The van der Waals surface area contributed by atoms with Crippen LogP contribution >= 0.6 is 0 Å². The molecule has 112 valence electrons. The normalized spacial score (nSPS) is 33.3. The topological polar surface area (TPSA) is 82.1 Å². The highest BCUT2D eigenvalue weighted by Gasteiger charge is 2.66. The molecule has 1 saturated heterocycles. The van der Waals surface area contributed by atoms with E-state index >= 15 is 0 Å². The average molecular weight is 292 g/mol. The Kier molecular flexibility index (Phi) is 3.22. The van der Waals surface area contributed by atoms with Gasteiger partial charge in [0.05, 0.1) is 6.61 Å². The van der Waals surface area contributed by atoms with Crippen molar-refractivity contribution in [3.05, 3.63) is 35.4 Å². The zero-order valence-electron chi connectivity index (χ0n) is 11.7. The fourth-order valence-corrected chi connectivity index (χ4v) is 3.22. The number of benzene rings is 1. The van der Waals surface area contributed by atoms with E-state index in [0.29, 0.717) is 11.1 Å². The number of fused-ring (bicyclic) bond motifs is 2. The Labute approximate surface area is 121 Å². The number of carbonyl (C=O) groups excluding carboxylic acids is 2. The van der Waals surface area contributed by atoms with Crippen molar-refractivity contribution in [2.24, 2.45) is 5.92 Å². The molecule has 4 rings (SSSR count). The van der Waals surface area contributed by atoms with Crippen molar-refractivity contribution < 1.29 is 28.9 Å². The van der Waals surface area contributed by atoms with Crippen LogP contribution in [0, 0.1) is 5.92 Å². The Hall–Kier alpha value is -1.92. The van der Waals surface area contributed by atoms with Crippen LogP contribution in [0.4, 0.5) is 0 Å². The van der Waals surface area contributed by atoms with Gasteiger partial charge in [0.2, 0.25) is 5.60 Å². The van der Waals surface area contributed by atoms with Gasteiger partial charge in [-0.15, -0.1) is 0 Å². The first-order chi connectivity index (χ1) is 10.1. The number of hydrogen-bond donors (Lipinski definition) is 1. The molecule has 2 heterocycles. The molecule has 4 atom stereocenters. The van der Waals surface area contributed by atoms with Crippen LogP contribution in [-0.4, -0.2) is 36.9 Å². The minimum Gasteiger partial charge on any atom is -0.466 e. The standard InChI is InChI=1S/C15H16O6/c1-3-20-13(16)10-12(19-2)11-8-6-4-5-7-9(8)15(10,18)14(17)21-11/h4-7,10-12,18H,3H2,1-2H3/t10-,11-,12+,15-/m1/s1. The summed E-state index contributed by atoms with van der Waals surface area (Å²) in [4.78, 5) is 24.4. The second-order valence-corrected chi connectivity index (χ2v) is 5.11. The van der Waals surface area contributed by atoms with Crippen molar-refractivity contribution in [3.63, 3.8) is 0 Å². The van der Waals surface area contributed by atoms with Crippen LogP contribution in [0.2, 0.25) is 0 Å². The summed E-state index contributed by atoms with van der Waals surface area (Å²) >= 11 is 0. The Balaban J connectivity index is 2.18. The van der Waals surface area contributed by atoms with Crippen molar-refractivity contribution in [3.8, 4) is 0 Å². The van der Waals surface area contributed by atoms with E-state index in [1.165, 1.54) is 7.11 Å². The molecule has 1 N–H and O–H groups in total. The number of carbonyl (C=O) groups is 2. The first-order valence-electron chi connectivity index (χ1n) is 6.78. The second kappa shape index (κ2) is 4.82. The Morgan fingerprint density at radius 3 is 2.81 bits per heavy atom. The van der Waals surface area contributed by atoms with Gasteiger partial charge in [-0.2, -0.15) is 0 Å². The fraction of sp³-hybridized carbons (Fsp3) is 0.467. The smallest absolute Gasteiger partial charge is 0.344 e. The highest BCUT2D eigenvalue weighted by Crippen LogP contribution is 2.52. The molecule has 0 saturated carbocycles. The van der Waals surface area contributed by atoms with Crippen LogP contribution in [0.3, 0.4) is 0 Å². The molecule has 1 aromatic carbocycles. The van der Waals surface area contributed by atoms with E-state index in [9.17, 15) is 14.7 Å². The molecule has 2 bridgehead atoms. The zero-order valence-corrected chi connectivity index (χ0v) is 11.7. The van der Waals surface area contributed by atoms with Crippen LogP contribution < -0.4 is 0 Å². The van der Waals surface area contributed by atoms with Gasteiger partial charge in [-0.3, -0.25) is 4.79 Å². The van der Waals surface area contributed by atoms with Crippen LogP contribution in [0.1, 0.15) is 24.2 Å². The number of methoxy groups -OCH3 is 1. The van der Waals surface area contributed by atoms with Gasteiger partial charge in [-0.05, 0) is 6.92 Å². The summed E-state index contributed by atoms with van der Waals surface area (Å²) in [5.74, 6) is -2.64. The van der Waals surface area contributed by atoms with Gasteiger partial charge in [0.15, 0.2) is 6.10 Å². The molecule has 3 aliphatic rings. The van der Waals surface area contributed by atoms with E-state index in [2.05, 4.69) is 0 Å². The molecule has 1 aromatic rings. The zero-order chi connectivity index (χ0) is 15.2. The molecular weight excluding hydrogens is 276 g/mol. The quantitative estimate of drug-likeness (QED) is 0.825. The van der Waals surface area contributed by atoms with Gasteiger partial charge in [0.1, 0.15) is 12.0 Å². The molecule has 1 aliphatic carbocycles. The molecule has 0 unspecified atom stereocenters. The highest BCUT2D eigenvalue weighted by atomic mass is 16.6. The number of rotatable bonds is 3. The van der Waals surface area contributed by atoms with Gasteiger partial charge >= 0.3 is 11.9 Å². The largest absolute Gasteiger partial charge is 0.466 e. The molecule has 1 fully saturated rings. The van der Waals surface area contributed by atoms with Crippen LogP contribution in [0.25, 0.3) is 0 Å². The molecule has 6 nitrogen and oxygen atoms in total. The summed E-state index contributed by atoms with van der Waals surface area (Å²) in [5, 5.41) is 10.9. The summed E-state index contributed by atoms with van der Waals surface area (Å²) in [6, 6.07) is 6.86. The van der Waals surface area contributed by atoms with E-state index in [1.54, 1.807) is 31.2 Å². The third kappa shape index (κ3) is 1.72. The number of ether oxygens (including phenoxy) is 3. The second-order valence-electron chi connectivity index (χ2n) is 5.11. The fourth-order valence-electron chi connectivity index (χ4n) is 3.22. The van der Waals surface area contributed by atoms with Crippen LogP contribution in [0.5, 0.6) is 0 Å². The monoisotopic (exact) mass is 292 g/mol. The third-order valence-corrected chi connectivity index (χ3v) is 4.11. The minimum absolute atomic E-state index is 0.156. The predicted molar refractivity (Wildman–Crippen MR) is 70.1 cm³/mol. The van der Waals surface area contributed by atoms with E-state index in [4.69, 9.17) is 14.2 Å².